The van der Waals surface area contributed by atoms with Gasteiger partial charge in [-0.1, -0.05) is 0 Å². The molecule has 0 aromatic rings. The van der Waals surface area contributed by atoms with E-state index < -0.39 is 0 Å². The van der Waals surface area contributed by atoms with Crippen LogP contribution in [0.2, 0.25) is 0 Å². The van der Waals surface area contributed by atoms with E-state index in [-0.39, 0.29) is 0 Å². The highest BCUT2D eigenvalue weighted by Gasteiger charge is 1.38. The molecule has 3 heteroatoms. The van der Waals surface area contributed by atoms with E-state index in [0.29, 0.717) is 10.5 Å². The summed E-state index contributed by atoms with van der Waals surface area (Å²) >= 11 is 0. The van der Waals surface area contributed by atoms with Crippen molar-refractivity contribution in [1.29, 1.82) is 5.41 Å². The van der Waals surface area contributed by atoms with Crippen LogP contribution in [0, 0.1) is 5.41 Å². The molecule has 0 spiro atoms. The fourth-order valence-electron chi connectivity index (χ4n) is 0. The third-order valence-electron chi connectivity index (χ3n) is 0.118. The lowest BCUT2D eigenvalue weighted by Crippen LogP contribution is -1.70. The Hall–Kier alpha value is -0.313. The first kappa shape index (κ1) is 3.69. The summed E-state index contributed by atoms with van der Waals surface area (Å²) in [6, 6.07) is 0. The fraction of sp³-hybridized carbons (Fsp3) is 0. The summed E-state index contributed by atoms with van der Waals surface area (Å²) in [5.41, 5.74) is 0. The first-order valence-corrected chi connectivity index (χ1v) is 1.75. The summed E-state index contributed by atoms with van der Waals surface area (Å²) in [5.74, 6) is 0. The molecular formula is CH5NOSi. The average Bonchev–Trinajstić information content (AvgIpc) is 1.37. The van der Waals surface area contributed by atoms with Gasteiger partial charge in [0.2, 0.25) is 10.5 Å². The molecule has 0 saturated carbocycles. The Morgan fingerprint density at radius 1 is 2.00 bits per heavy atom. The predicted octanol–water partition coefficient (Wildman–Crippen LogP) is -1.11. The summed E-state index contributed by atoms with van der Waals surface area (Å²) in [7, 11) is 0.647. The normalized spacial score (nSPS) is 6.00. The lowest BCUT2D eigenvalue weighted by atomic mass is 11.6. The molecule has 0 rings (SSSR count). The largest absolute Gasteiger partial charge is 0.546 e. The molecule has 1 N–H and O–H groups in total. The zero-order chi connectivity index (χ0) is 3.41. The van der Waals surface area contributed by atoms with Crippen molar-refractivity contribution in [2.75, 3.05) is 0 Å². The zero-order valence-corrected chi connectivity index (χ0v) is 4.49. The van der Waals surface area contributed by atoms with Crippen molar-refractivity contribution in [2.24, 2.45) is 0 Å². The third kappa shape index (κ3) is 1.69. The van der Waals surface area contributed by atoms with Gasteiger partial charge in [-0.25, -0.2) is 0 Å². The van der Waals surface area contributed by atoms with Crippen LogP contribution in [-0.4, -0.2) is 16.9 Å². The third-order valence-corrected chi connectivity index (χ3v) is 0.354. The number of hydrogen-bond donors (Lipinski definition) is 1. The van der Waals surface area contributed by atoms with Crippen LogP contribution in [0.4, 0.5) is 0 Å². The quantitative estimate of drug-likeness (QED) is 0.239. The highest BCUT2D eigenvalue weighted by atomic mass is 28.2. The Balaban J connectivity index is 2.30. The van der Waals surface area contributed by atoms with Gasteiger partial charge in [0.05, 0.1) is 0 Å². The summed E-state index contributed by atoms with van der Waals surface area (Å²) in [4.78, 5) is 0. The molecule has 24 valence electrons. The lowest BCUT2D eigenvalue weighted by molar-refractivity contribution is 0.635. The Morgan fingerprint density at radius 3 is 2.25 bits per heavy atom. The Bertz CT molecular complexity index is 22.0. The van der Waals surface area contributed by atoms with E-state index in [9.17, 15) is 0 Å². The van der Waals surface area contributed by atoms with E-state index in [2.05, 4.69) is 4.43 Å². The van der Waals surface area contributed by atoms with Crippen molar-refractivity contribution < 1.29 is 4.43 Å². The molecule has 0 amide bonds. The van der Waals surface area contributed by atoms with Crippen LogP contribution in [0.25, 0.3) is 0 Å². The second kappa shape index (κ2) is 2.69. The molecule has 4 heavy (non-hydrogen) atoms. The van der Waals surface area contributed by atoms with Crippen molar-refractivity contribution in [3.8, 4) is 0 Å². The van der Waals surface area contributed by atoms with Gasteiger partial charge in [-0.15, -0.1) is 0 Å². The highest BCUT2D eigenvalue weighted by Crippen LogP contribution is 1.34. The smallest absolute Gasteiger partial charge is 0.205 e. The first-order chi connectivity index (χ1) is 1.91. The molecule has 0 aromatic heterocycles. The fourth-order valence-corrected chi connectivity index (χ4v) is 0. The van der Waals surface area contributed by atoms with Gasteiger partial charge in [-0.2, -0.15) is 0 Å². The van der Waals surface area contributed by atoms with Crippen LogP contribution in [0.1, 0.15) is 0 Å². The summed E-state index contributed by atoms with van der Waals surface area (Å²) in [6.45, 7) is 0. The molecule has 0 saturated heterocycles. The zero-order valence-electron chi connectivity index (χ0n) is 2.49. The lowest BCUT2D eigenvalue weighted by Gasteiger charge is -1.72. The van der Waals surface area contributed by atoms with Crippen LogP contribution < -0.4 is 0 Å². The minimum Gasteiger partial charge on any atom is -0.546 e. The molecule has 2 nitrogen and oxygen atoms in total. The molecule has 0 aromatic carbocycles. The minimum absolute atomic E-state index is 0.647. The predicted molar refractivity (Wildman–Crippen MR) is 19.8 cm³/mol. The number of rotatable bonds is 1. The van der Waals surface area contributed by atoms with Crippen LogP contribution in [0.5, 0.6) is 0 Å². The van der Waals surface area contributed by atoms with E-state index >= 15 is 0 Å². The van der Waals surface area contributed by atoms with Crippen molar-refractivity contribution in [3.05, 3.63) is 0 Å². The highest BCUT2D eigenvalue weighted by molar-refractivity contribution is 6.02. The van der Waals surface area contributed by atoms with Gasteiger partial charge < -0.3 is 4.43 Å². The van der Waals surface area contributed by atoms with Crippen LogP contribution in [0.3, 0.4) is 0 Å². The van der Waals surface area contributed by atoms with Crippen molar-refractivity contribution >= 4 is 16.9 Å². The van der Waals surface area contributed by atoms with E-state index in [1.165, 1.54) is 0 Å². The standard InChI is InChI=1S/CH5NOSi/c2-1-3-4/h1-2H,4H3. The van der Waals surface area contributed by atoms with Gasteiger partial charge in [-0.05, 0) is 0 Å². The van der Waals surface area contributed by atoms with Gasteiger partial charge in [0.25, 0.3) is 0 Å². The molecule has 0 radical (unpaired) electrons. The monoisotopic (exact) mass is 75.0 g/mol. The molecule has 0 aliphatic carbocycles. The Morgan fingerprint density at radius 2 is 2.25 bits per heavy atom. The topological polar surface area (TPSA) is 33.1 Å². The van der Waals surface area contributed by atoms with E-state index in [4.69, 9.17) is 5.41 Å². The van der Waals surface area contributed by atoms with E-state index in [1.807, 2.05) is 0 Å². The van der Waals surface area contributed by atoms with E-state index in [0.717, 1.165) is 6.40 Å². The number of nitrogens with one attached hydrogen (secondary N) is 1. The van der Waals surface area contributed by atoms with Gasteiger partial charge in [0.15, 0.2) is 6.40 Å². The molecule has 0 aliphatic heterocycles. The maximum Gasteiger partial charge on any atom is 0.205 e. The average molecular weight is 75.1 g/mol. The second-order valence-electron chi connectivity index (χ2n) is 0.354. The van der Waals surface area contributed by atoms with Gasteiger partial charge in [0.1, 0.15) is 0 Å². The van der Waals surface area contributed by atoms with Gasteiger partial charge >= 0.3 is 0 Å². The molecular weight excluding hydrogens is 70.1 g/mol. The van der Waals surface area contributed by atoms with Gasteiger partial charge in [-0.3, -0.25) is 5.41 Å². The van der Waals surface area contributed by atoms with Crippen molar-refractivity contribution in [3.63, 3.8) is 0 Å². The Labute approximate surface area is 27.8 Å². The van der Waals surface area contributed by atoms with Crippen LogP contribution >= 0.6 is 0 Å². The van der Waals surface area contributed by atoms with Crippen LogP contribution in [0.15, 0.2) is 0 Å². The SMILES string of the molecule is N=CO[SiH3]. The van der Waals surface area contributed by atoms with Gasteiger partial charge in [0, 0.05) is 0 Å². The second-order valence-corrected chi connectivity index (χ2v) is 0.825. The molecule has 0 fully saturated rings. The number of hydrogen-bond acceptors (Lipinski definition) is 2. The Kier molecular flexibility index (Phi) is 2.48. The van der Waals surface area contributed by atoms with Crippen molar-refractivity contribution in [1.82, 2.24) is 0 Å². The van der Waals surface area contributed by atoms with E-state index in [1.54, 1.807) is 0 Å². The molecule has 0 aliphatic rings. The molecule has 0 unspecified atom stereocenters. The first-order valence-electron chi connectivity index (χ1n) is 0.933. The molecule has 0 bridgehead atoms. The van der Waals surface area contributed by atoms with Crippen molar-refractivity contribution in [2.45, 2.75) is 0 Å². The molecule has 0 heterocycles. The minimum atomic E-state index is 0.647. The van der Waals surface area contributed by atoms with Crippen LogP contribution in [-0.2, 0) is 4.43 Å². The molecule has 0 atom stereocenters. The summed E-state index contributed by atoms with van der Waals surface area (Å²) in [6.07, 6.45) is 0.937. The maximum atomic E-state index is 6.14. The summed E-state index contributed by atoms with van der Waals surface area (Å²) < 4.78 is 4.22. The maximum absolute atomic E-state index is 6.14. The summed E-state index contributed by atoms with van der Waals surface area (Å²) in [5, 5.41) is 6.14.